The van der Waals surface area contributed by atoms with E-state index in [1.165, 1.54) is 0 Å². The van der Waals surface area contributed by atoms with Crippen molar-refractivity contribution in [2.45, 2.75) is 45.1 Å². The van der Waals surface area contributed by atoms with Gasteiger partial charge < -0.3 is 9.64 Å². The lowest BCUT2D eigenvalue weighted by molar-refractivity contribution is -0.121. The molecule has 1 rings (SSSR count). The fourth-order valence-electron chi connectivity index (χ4n) is 2.03. The maximum Gasteiger partial charge on any atom is 0.409 e. The third-order valence-corrected chi connectivity index (χ3v) is 5.45. The van der Waals surface area contributed by atoms with Crippen molar-refractivity contribution in [3.63, 3.8) is 0 Å². The van der Waals surface area contributed by atoms with Gasteiger partial charge in [0.05, 0.1) is 14.7 Å². The van der Waals surface area contributed by atoms with Crippen LogP contribution in [0, 0.1) is 0 Å². The van der Waals surface area contributed by atoms with Gasteiger partial charge >= 0.3 is 6.09 Å². The Bertz CT molecular complexity index is 285. The molecule has 1 fully saturated rings. The molecule has 0 bridgehead atoms. The lowest BCUT2D eigenvalue weighted by Gasteiger charge is -2.40. The molecule has 0 aromatic rings. The molecule has 0 spiro atoms. The Labute approximate surface area is 98.0 Å². The Hall–Kier alpha value is -0.843. The predicted octanol–water partition coefficient (Wildman–Crippen LogP) is 2.05. The van der Waals surface area contributed by atoms with Gasteiger partial charge in [-0.15, -0.1) is 0 Å². The van der Waals surface area contributed by atoms with Crippen LogP contribution in [0.25, 0.3) is 0 Å². The van der Waals surface area contributed by atoms with Gasteiger partial charge in [0.1, 0.15) is 5.78 Å². The fourth-order valence-corrected chi connectivity index (χ4v) is 4.04. The van der Waals surface area contributed by atoms with Crippen molar-refractivity contribution in [3.05, 3.63) is 0 Å². The minimum absolute atomic E-state index is 0.0906. The van der Waals surface area contributed by atoms with E-state index < -0.39 is 8.07 Å². The highest BCUT2D eigenvalue weighted by molar-refractivity contribution is 6.78. The molecule has 4 nitrogen and oxygen atoms in total. The Morgan fingerprint density at radius 2 is 2.12 bits per heavy atom. The number of carbonyl (C=O) groups excluding carboxylic acids is 2. The SMILES string of the molecule is CCOC(=O)N1CCC(=O)CC1[Si](C)(C)C. The van der Waals surface area contributed by atoms with Crippen molar-refractivity contribution in [2.24, 2.45) is 0 Å². The van der Waals surface area contributed by atoms with Gasteiger partial charge in [-0.2, -0.15) is 0 Å². The molecule has 16 heavy (non-hydrogen) atoms. The van der Waals surface area contributed by atoms with E-state index in [-0.39, 0.29) is 17.5 Å². The number of ether oxygens (including phenoxy) is 1. The number of rotatable bonds is 2. The fraction of sp³-hybridized carbons (Fsp3) is 0.818. The molecule has 0 saturated carbocycles. The molecule has 1 saturated heterocycles. The summed E-state index contributed by atoms with van der Waals surface area (Å²) in [5.74, 6) is 0.271. The monoisotopic (exact) mass is 243 g/mol. The van der Waals surface area contributed by atoms with Crippen LogP contribution in [-0.2, 0) is 9.53 Å². The average molecular weight is 243 g/mol. The molecule has 1 amide bonds. The molecule has 0 aromatic heterocycles. The van der Waals surface area contributed by atoms with E-state index in [1.807, 2.05) is 0 Å². The summed E-state index contributed by atoms with van der Waals surface area (Å²) in [6, 6.07) is 0. The Morgan fingerprint density at radius 3 is 2.62 bits per heavy atom. The number of carbonyl (C=O) groups is 2. The molecule has 0 radical (unpaired) electrons. The van der Waals surface area contributed by atoms with Crippen molar-refractivity contribution in [1.82, 2.24) is 4.90 Å². The highest BCUT2D eigenvalue weighted by Gasteiger charge is 2.39. The molecule has 1 unspecified atom stereocenters. The van der Waals surface area contributed by atoms with Gasteiger partial charge in [-0.05, 0) is 6.92 Å². The summed E-state index contributed by atoms with van der Waals surface area (Å²) < 4.78 is 5.04. The van der Waals surface area contributed by atoms with Crippen molar-refractivity contribution in [3.8, 4) is 0 Å². The third kappa shape index (κ3) is 3.07. The lowest BCUT2D eigenvalue weighted by Crippen LogP contribution is -2.57. The minimum Gasteiger partial charge on any atom is -0.450 e. The Morgan fingerprint density at radius 1 is 1.50 bits per heavy atom. The molecule has 0 aliphatic carbocycles. The zero-order valence-corrected chi connectivity index (χ0v) is 11.6. The van der Waals surface area contributed by atoms with Crippen LogP contribution in [-0.4, -0.2) is 43.7 Å². The molecule has 1 atom stereocenters. The largest absolute Gasteiger partial charge is 0.450 e. The van der Waals surface area contributed by atoms with Crippen LogP contribution in [0.4, 0.5) is 4.79 Å². The first-order chi connectivity index (χ1) is 7.36. The summed E-state index contributed by atoms with van der Waals surface area (Å²) in [4.78, 5) is 25.0. The molecule has 5 heteroatoms. The number of piperidine rings is 1. The molecule has 92 valence electrons. The maximum atomic E-state index is 11.8. The van der Waals surface area contributed by atoms with Gasteiger partial charge in [-0.3, -0.25) is 4.79 Å². The Balaban J connectivity index is 2.80. The van der Waals surface area contributed by atoms with E-state index in [0.717, 1.165) is 0 Å². The van der Waals surface area contributed by atoms with Crippen LogP contribution in [0.2, 0.25) is 19.6 Å². The minimum atomic E-state index is -1.55. The number of Topliss-reactive ketones (excluding diaryl/α,β-unsaturated/α-hetero) is 1. The second kappa shape index (κ2) is 4.99. The van der Waals surface area contributed by atoms with Crippen LogP contribution in [0.5, 0.6) is 0 Å². The molecule has 1 aliphatic heterocycles. The van der Waals surface area contributed by atoms with Crippen molar-refractivity contribution < 1.29 is 14.3 Å². The van der Waals surface area contributed by atoms with Gasteiger partial charge in [-0.1, -0.05) is 19.6 Å². The lowest BCUT2D eigenvalue weighted by atomic mass is 10.1. The molecule has 1 aliphatic rings. The summed E-state index contributed by atoms with van der Waals surface area (Å²) in [6.45, 7) is 9.26. The van der Waals surface area contributed by atoms with Gasteiger partial charge in [0.2, 0.25) is 0 Å². The first-order valence-electron chi connectivity index (χ1n) is 5.81. The number of ketones is 1. The van der Waals surface area contributed by atoms with Crippen molar-refractivity contribution >= 4 is 20.0 Å². The number of nitrogens with zero attached hydrogens (tertiary/aromatic N) is 1. The third-order valence-electron chi connectivity index (χ3n) is 2.93. The van der Waals surface area contributed by atoms with E-state index in [1.54, 1.807) is 11.8 Å². The first kappa shape index (κ1) is 13.2. The Kier molecular flexibility index (Phi) is 4.13. The molecule has 0 N–H and O–H groups in total. The second-order valence-corrected chi connectivity index (χ2v) is 10.7. The van der Waals surface area contributed by atoms with Crippen LogP contribution >= 0.6 is 0 Å². The molecular formula is C11H21NO3Si. The number of hydrogen-bond acceptors (Lipinski definition) is 3. The van der Waals surface area contributed by atoms with E-state index in [2.05, 4.69) is 19.6 Å². The van der Waals surface area contributed by atoms with Crippen LogP contribution in [0.1, 0.15) is 19.8 Å². The van der Waals surface area contributed by atoms with Crippen LogP contribution < -0.4 is 0 Å². The predicted molar refractivity (Wildman–Crippen MR) is 65.1 cm³/mol. The summed E-state index contributed by atoms with van der Waals surface area (Å²) in [7, 11) is -1.55. The van der Waals surface area contributed by atoms with Gasteiger partial charge in [0.15, 0.2) is 0 Å². The van der Waals surface area contributed by atoms with Gasteiger partial charge in [-0.25, -0.2) is 4.79 Å². The number of amides is 1. The second-order valence-electron chi connectivity index (χ2n) is 5.27. The quantitative estimate of drug-likeness (QED) is 0.697. The highest BCUT2D eigenvalue weighted by Crippen LogP contribution is 2.24. The zero-order chi connectivity index (χ0) is 12.3. The molecule has 1 heterocycles. The topological polar surface area (TPSA) is 46.6 Å². The molecule has 0 aromatic carbocycles. The standard InChI is InChI=1S/C11H21NO3Si/c1-5-15-11(14)12-7-6-9(13)8-10(12)16(2,3)4/h10H,5-8H2,1-4H3. The van der Waals surface area contributed by atoms with Gasteiger partial charge in [0.25, 0.3) is 0 Å². The van der Waals surface area contributed by atoms with Crippen LogP contribution in [0.3, 0.4) is 0 Å². The van der Waals surface area contributed by atoms with E-state index in [9.17, 15) is 9.59 Å². The smallest absolute Gasteiger partial charge is 0.409 e. The zero-order valence-electron chi connectivity index (χ0n) is 10.6. The average Bonchev–Trinajstić information content (AvgIpc) is 2.16. The summed E-state index contributed by atoms with van der Waals surface area (Å²) in [6.07, 6.45) is 0.719. The normalized spacial score (nSPS) is 22.1. The number of hydrogen-bond donors (Lipinski definition) is 0. The first-order valence-corrected chi connectivity index (χ1v) is 9.39. The van der Waals surface area contributed by atoms with Gasteiger partial charge in [0, 0.05) is 25.1 Å². The van der Waals surface area contributed by atoms with Crippen molar-refractivity contribution in [1.29, 1.82) is 0 Å². The van der Waals surface area contributed by atoms with E-state index in [4.69, 9.17) is 4.74 Å². The highest BCUT2D eigenvalue weighted by atomic mass is 28.3. The molecular weight excluding hydrogens is 222 g/mol. The van der Waals surface area contributed by atoms with Crippen molar-refractivity contribution in [2.75, 3.05) is 13.2 Å². The van der Waals surface area contributed by atoms with Crippen LogP contribution in [0.15, 0.2) is 0 Å². The summed E-state index contributed by atoms with van der Waals surface area (Å²) in [5.41, 5.74) is 0.0906. The summed E-state index contributed by atoms with van der Waals surface area (Å²) in [5, 5.41) is 0. The number of likely N-dealkylation sites (tertiary alicyclic amines) is 1. The van der Waals surface area contributed by atoms with E-state index in [0.29, 0.717) is 26.0 Å². The maximum absolute atomic E-state index is 11.8. The van der Waals surface area contributed by atoms with E-state index >= 15 is 0 Å². The summed E-state index contributed by atoms with van der Waals surface area (Å²) >= 11 is 0.